The number of benzene rings is 2. The highest BCUT2D eigenvalue weighted by Crippen LogP contribution is 2.43. The van der Waals surface area contributed by atoms with E-state index in [2.05, 4.69) is 27.7 Å². The van der Waals surface area contributed by atoms with Crippen LogP contribution in [0.25, 0.3) is 11.1 Å². The summed E-state index contributed by atoms with van der Waals surface area (Å²) < 4.78 is 68.7. The van der Waals surface area contributed by atoms with E-state index in [4.69, 9.17) is 18.9 Å². The maximum absolute atomic E-state index is 15.3. The van der Waals surface area contributed by atoms with Gasteiger partial charge in [0.2, 0.25) is 0 Å². The highest BCUT2D eigenvalue weighted by atomic mass is 19.4. The standard InChI is InChI=1S/C57H89F3O8/c1-5-9-13-17-21-25-29-33-42-65-53(61)47-39-37-38-46(50(47)55(63)67-44-35-31-27-23-19-15-11-7-3)51-49(57(58,59)60)41-40-48(54(62)66-43-34-30-26-22-18-14-10-6-2)52(51)56(64)68-45-36-32-28-24-20-16-12-8-4/h37-41H,5-36,42-45H2,1-4H3. The van der Waals surface area contributed by atoms with E-state index in [0.29, 0.717) is 25.7 Å². The number of ether oxygens (including phenoxy) is 4. The van der Waals surface area contributed by atoms with Gasteiger partial charge in [-0.25, -0.2) is 19.2 Å². The molecule has 0 saturated heterocycles. The van der Waals surface area contributed by atoms with Crippen molar-refractivity contribution in [3.05, 3.63) is 58.1 Å². The van der Waals surface area contributed by atoms with Gasteiger partial charge in [0.05, 0.1) is 54.2 Å². The molecule has 8 nitrogen and oxygen atoms in total. The Hall–Kier alpha value is -3.89. The molecule has 0 atom stereocenters. The Morgan fingerprint density at radius 3 is 1.00 bits per heavy atom. The van der Waals surface area contributed by atoms with Gasteiger partial charge in [-0.15, -0.1) is 0 Å². The second kappa shape index (κ2) is 37.9. The molecule has 0 aliphatic carbocycles. The van der Waals surface area contributed by atoms with Gasteiger partial charge >= 0.3 is 30.1 Å². The lowest BCUT2D eigenvalue weighted by molar-refractivity contribution is -0.137. The minimum absolute atomic E-state index is 0.00733. The molecule has 0 amide bonds. The molecule has 386 valence electrons. The van der Waals surface area contributed by atoms with Crippen LogP contribution in [-0.4, -0.2) is 50.3 Å². The average molecular weight is 959 g/mol. The maximum atomic E-state index is 15.3. The third-order valence-corrected chi connectivity index (χ3v) is 12.6. The molecular formula is C57H89F3O8. The summed E-state index contributed by atoms with van der Waals surface area (Å²) in [5.74, 6) is -4.07. The molecule has 0 aromatic heterocycles. The Bertz CT molecular complexity index is 1690. The molecule has 0 spiro atoms. The number of alkyl halides is 3. The first-order chi connectivity index (χ1) is 33.0. The molecule has 2 aromatic carbocycles. The molecule has 68 heavy (non-hydrogen) atoms. The lowest BCUT2D eigenvalue weighted by Gasteiger charge is -2.22. The SMILES string of the molecule is CCCCCCCCCCOC(=O)c1cccc(-c2c(C(F)(F)F)ccc(C(=O)OCCCCCCCCCC)c2C(=O)OCCCCCCCCCC)c1C(=O)OCCCCCCCCCC. The number of carbonyl (C=O) groups is 4. The van der Waals surface area contributed by atoms with Crippen LogP contribution in [-0.2, 0) is 25.1 Å². The lowest BCUT2D eigenvalue weighted by atomic mass is 9.86. The van der Waals surface area contributed by atoms with Crippen molar-refractivity contribution < 1.29 is 51.3 Å². The molecule has 0 saturated carbocycles. The molecular weight excluding hydrogens is 870 g/mol. The summed E-state index contributed by atoms with van der Waals surface area (Å²) in [6.07, 6.45) is 26.6. The average Bonchev–Trinajstić information content (AvgIpc) is 3.33. The maximum Gasteiger partial charge on any atom is 0.417 e. The zero-order valence-corrected chi connectivity index (χ0v) is 42.7. The molecule has 0 unspecified atom stereocenters. The third-order valence-electron chi connectivity index (χ3n) is 12.6. The van der Waals surface area contributed by atoms with Crippen molar-refractivity contribution in [1.82, 2.24) is 0 Å². The highest BCUT2D eigenvalue weighted by Gasteiger charge is 2.40. The largest absolute Gasteiger partial charge is 0.462 e. The summed E-state index contributed by atoms with van der Waals surface area (Å²) in [5, 5.41) is 0. The van der Waals surface area contributed by atoms with E-state index in [1.54, 1.807) is 0 Å². The van der Waals surface area contributed by atoms with E-state index in [1.807, 2.05) is 0 Å². The fraction of sp³-hybridized carbons (Fsp3) is 0.719. The van der Waals surface area contributed by atoms with Gasteiger partial charge in [-0.1, -0.05) is 220 Å². The van der Waals surface area contributed by atoms with Gasteiger partial charge in [-0.3, -0.25) is 0 Å². The van der Waals surface area contributed by atoms with Crippen molar-refractivity contribution in [2.75, 3.05) is 26.4 Å². The number of hydrogen-bond acceptors (Lipinski definition) is 8. The van der Waals surface area contributed by atoms with E-state index in [9.17, 15) is 19.2 Å². The van der Waals surface area contributed by atoms with Crippen molar-refractivity contribution in [3.63, 3.8) is 0 Å². The summed E-state index contributed by atoms with van der Waals surface area (Å²) in [6, 6.07) is 5.58. The van der Waals surface area contributed by atoms with Crippen LogP contribution in [0.15, 0.2) is 30.3 Å². The van der Waals surface area contributed by atoms with Crippen LogP contribution >= 0.6 is 0 Å². The monoisotopic (exact) mass is 959 g/mol. The predicted molar refractivity (Wildman–Crippen MR) is 268 cm³/mol. The van der Waals surface area contributed by atoms with Gasteiger partial charge < -0.3 is 18.9 Å². The second-order valence-electron chi connectivity index (χ2n) is 18.6. The zero-order chi connectivity index (χ0) is 49.7. The first-order valence-corrected chi connectivity index (χ1v) is 27.1. The summed E-state index contributed by atoms with van der Waals surface area (Å²) in [4.78, 5) is 56.4. The summed E-state index contributed by atoms with van der Waals surface area (Å²) in [6.45, 7) is 8.59. The summed E-state index contributed by atoms with van der Waals surface area (Å²) >= 11 is 0. The number of rotatable bonds is 41. The Labute approximate surface area is 409 Å². The molecule has 0 radical (unpaired) electrons. The van der Waals surface area contributed by atoms with Gasteiger partial charge in [0.25, 0.3) is 0 Å². The van der Waals surface area contributed by atoms with E-state index in [0.717, 1.165) is 153 Å². The van der Waals surface area contributed by atoms with Gasteiger partial charge in [-0.2, -0.15) is 13.2 Å². The molecule has 11 heteroatoms. The Morgan fingerprint density at radius 1 is 0.368 bits per heavy atom. The first-order valence-electron chi connectivity index (χ1n) is 27.1. The molecule has 0 fully saturated rings. The number of hydrogen-bond donors (Lipinski definition) is 0. The Balaban J connectivity index is 2.59. The summed E-state index contributed by atoms with van der Waals surface area (Å²) in [7, 11) is 0. The first kappa shape index (κ1) is 60.2. The van der Waals surface area contributed by atoms with Crippen LogP contribution < -0.4 is 0 Å². The lowest BCUT2D eigenvalue weighted by Crippen LogP contribution is -2.22. The van der Waals surface area contributed by atoms with Gasteiger partial charge in [0.15, 0.2) is 0 Å². The van der Waals surface area contributed by atoms with Gasteiger partial charge in [-0.05, 0) is 49.4 Å². The normalized spacial score (nSPS) is 11.5. The van der Waals surface area contributed by atoms with Crippen molar-refractivity contribution in [3.8, 4) is 11.1 Å². The number of unbranched alkanes of at least 4 members (excludes halogenated alkanes) is 28. The van der Waals surface area contributed by atoms with Crippen LogP contribution in [0.4, 0.5) is 13.2 Å². The molecule has 0 N–H and O–H groups in total. The highest BCUT2D eigenvalue weighted by molar-refractivity contribution is 6.13. The second-order valence-corrected chi connectivity index (χ2v) is 18.6. The smallest absolute Gasteiger partial charge is 0.417 e. The third kappa shape index (κ3) is 24.6. The van der Waals surface area contributed by atoms with E-state index >= 15 is 13.2 Å². The van der Waals surface area contributed by atoms with Crippen LogP contribution in [0.3, 0.4) is 0 Å². The van der Waals surface area contributed by atoms with Crippen molar-refractivity contribution in [2.45, 2.75) is 239 Å². The quantitative estimate of drug-likeness (QED) is 0.0369. The molecule has 2 rings (SSSR count). The number of esters is 4. The Morgan fingerprint density at radius 2 is 0.662 bits per heavy atom. The number of carbonyl (C=O) groups excluding carboxylic acids is 4. The van der Waals surface area contributed by atoms with Gasteiger partial charge in [0.1, 0.15) is 0 Å². The fourth-order valence-corrected chi connectivity index (χ4v) is 8.55. The predicted octanol–water partition coefficient (Wildman–Crippen LogP) is 17.6. The fourth-order valence-electron chi connectivity index (χ4n) is 8.55. The van der Waals surface area contributed by atoms with Crippen LogP contribution in [0.5, 0.6) is 0 Å². The zero-order valence-electron chi connectivity index (χ0n) is 42.7. The Kier molecular flexibility index (Phi) is 33.6. The van der Waals surface area contributed by atoms with Crippen LogP contribution in [0.1, 0.15) is 280 Å². The van der Waals surface area contributed by atoms with Crippen LogP contribution in [0.2, 0.25) is 0 Å². The molecule has 0 heterocycles. The summed E-state index contributed by atoms with van der Waals surface area (Å²) in [5.41, 5.74) is -4.29. The molecule has 0 aliphatic heterocycles. The van der Waals surface area contributed by atoms with Crippen molar-refractivity contribution >= 4 is 23.9 Å². The molecule has 0 aliphatic rings. The van der Waals surface area contributed by atoms with Crippen molar-refractivity contribution in [1.29, 1.82) is 0 Å². The van der Waals surface area contributed by atoms with Gasteiger partial charge in [0, 0.05) is 5.56 Å². The number of halogens is 3. The van der Waals surface area contributed by atoms with Crippen molar-refractivity contribution in [2.24, 2.45) is 0 Å². The topological polar surface area (TPSA) is 105 Å². The van der Waals surface area contributed by atoms with E-state index in [1.165, 1.54) is 56.7 Å². The minimum atomic E-state index is -5.06. The van der Waals surface area contributed by atoms with E-state index < -0.39 is 63.4 Å². The van der Waals surface area contributed by atoms with Crippen LogP contribution in [0, 0.1) is 0 Å². The van der Waals surface area contributed by atoms with E-state index in [-0.39, 0.29) is 32.0 Å². The molecule has 0 bridgehead atoms. The minimum Gasteiger partial charge on any atom is -0.462 e. The molecule has 2 aromatic rings.